The van der Waals surface area contributed by atoms with Crippen LogP contribution >= 0.6 is 22.9 Å². The number of nitrogens with zero attached hydrogens (tertiary/aromatic N) is 3. The first-order valence-electron chi connectivity index (χ1n) is 6.37. The van der Waals surface area contributed by atoms with Gasteiger partial charge in [-0.1, -0.05) is 11.6 Å². The molecule has 19 heavy (non-hydrogen) atoms. The summed E-state index contributed by atoms with van der Waals surface area (Å²) in [7, 11) is 0. The van der Waals surface area contributed by atoms with Crippen molar-refractivity contribution >= 4 is 33.2 Å². The van der Waals surface area contributed by atoms with E-state index in [4.69, 9.17) is 11.6 Å². The van der Waals surface area contributed by atoms with Gasteiger partial charge >= 0.3 is 0 Å². The monoisotopic (exact) mass is 297 g/mol. The second kappa shape index (κ2) is 4.98. The zero-order valence-corrected chi connectivity index (χ0v) is 12.6. The number of hydrogen-bond donors (Lipinski definition) is 1. The second-order valence-corrected chi connectivity index (χ2v) is 6.63. The molecular formula is C13H16ClN3OS. The van der Waals surface area contributed by atoms with Crippen molar-refractivity contribution in [3.8, 4) is 0 Å². The molecule has 1 aliphatic rings. The predicted octanol–water partition coefficient (Wildman–Crippen LogP) is 2.53. The third-order valence-electron chi connectivity index (χ3n) is 3.64. The molecule has 0 saturated carbocycles. The van der Waals surface area contributed by atoms with Crippen LogP contribution in [-0.4, -0.2) is 39.2 Å². The summed E-state index contributed by atoms with van der Waals surface area (Å²) in [5.41, 5.74) is 1.17. The van der Waals surface area contributed by atoms with E-state index in [9.17, 15) is 5.11 Å². The minimum Gasteiger partial charge on any atom is -0.392 e. The van der Waals surface area contributed by atoms with E-state index in [-0.39, 0.29) is 6.10 Å². The predicted molar refractivity (Wildman–Crippen MR) is 77.8 cm³/mol. The molecule has 1 unspecified atom stereocenters. The number of likely N-dealkylation sites (tertiary alicyclic amines) is 1. The Hall–Kier alpha value is -0.750. The summed E-state index contributed by atoms with van der Waals surface area (Å²) in [6.07, 6.45) is 0.609. The average molecular weight is 298 g/mol. The van der Waals surface area contributed by atoms with Crippen LogP contribution in [0.5, 0.6) is 0 Å². The zero-order chi connectivity index (χ0) is 13.6. The highest BCUT2D eigenvalue weighted by Crippen LogP contribution is 2.33. The van der Waals surface area contributed by atoms with Crippen LogP contribution in [0.25, 0.3) is 10.2 Å². The Morgan fingerprint density at radius 1 is 1.42 bits per heavy atom. The number of aliphatic hydroxyl groups excluding tert-OH is 1. The lowest BCUT2D eigenvalue weighted by Gasteiger charge is -2.13. The summed E-state index contributed by atoms with van der Waals surface area (Å²) in [4.78, 5) is 13.4. The molecule has 0 aliphatic carbocycles. The van der Waals surface area contributed by atoms with Gasteiger partial charge in [-0.15, -0.1) is 11.3 Å². The molecule has 1 fully saturated rings. The lowest BCUT2D eigenvalue weighted by Crippen LogP contribution is -2.22. The van der Waals surface area contributed by atoms with E-state index in [2.05, 4.69) is 28.7 Å². The fourth-order valence-electron chi connectivity index (χ4n) is 2.47. The average Bonchev–Trinajstić information content (AvgIpc) is 2.85. The first kappa shape index (κ1) is 13.2. The third kappa shape index (κ3) is 2.48. The maximum Gasteiger partial charge on any atom is 0.145 e. The summed E-state index contributed by atoms with van der Waals surface area (Å²) in [5.74, 6) is 0.743. The van der Waals surface area contributed by atoms with E-state index in [1.165, 1.54) is 10.4 Å². The van der Waals surface area contributed by atoms with Crippen molar-refractivity contribution in [3.05, 3.63) is 21.4 Å². The van der Waals surface area contributed by atoms with Gasteiger partial charge < -0.3 is 5.11 Å². The van der Waals surface area contributed by atoms with Crippen molar-refractivity contribution in [1.29, 1.82) is 0 Å². The van der Waals surface area contributed by atoms with Crippen LogP contribution < -0.4 is 0 Å². The molecule has 3 rings (SSSR count). The number of rotatable bonds is 2. The summed E-state index contributed by atoms with van der Waals surface area (Å²) in [6.45, 7) is 6.38. The van der Waals surface area contributed by atoms with Gasteiger partial charge in [0.25, 0.3) is 0 Å². The van der Waals surface area contributed by atoms with Crippen molar-refractivity contribution < 1.29 is 5.11 Å². The molecule has 1 aliphatic heterocycles. The van der Waals surface area contributed by atoms with Crippen LogP contribution in [0.4, 0.5) is 0 Å². The number of aromatic nitrogens is 2. The van der Waals surface area contributed by atoms with Gasteiger partial charge in [0.15, 0.2) is 0 Å². The quantitative estimate of drug-likeness (QED) is 0.866. The minimum atomic E-state index is -0.217. The minimum absolute atomic E-state index is 0.217. The van der Waals surface area contributed by atoms with Gasteiger partial charge in [0.1, 0.15) is 15.8 Å². The van der Waals surface area contributed by atoms with E-state index < -0.39 is 0 Å². The molecule has 1 atom stereocenters. The Balaban J connectivity index is 1.93. The first-order valence-corrected chi connectivity index (χ1v) is 7.56. The number of aryl methyl sites for hydroxylation is 2. The number of thiophene rings is 1. The molecule has 6 heteroatoms. The van der Waals surface area contributed by atoms with Crippen LogP contribution in [-0.2, 0) is 6.54 Å². The van der Waals surface area contributed by atoms with Crippen molar-refractivity contribution in [1.82, 2.24) is 14.9 Å². The molecule has 0 amide bonds. The fourth-order valence-corrected chi connectivity index (χ4v) is 3.90. The molecule has 2 aromatic rings. The molecule has 1 saturated heterocycles. The van der Waals surface area contributed by atoms with Crippen molar-refractivity contribution in [3.63, 3.8) is 0 Å². The van der Waals surface area contributed by atoms with E-state index in [1.807, 2.05) is 0 Å². The highest BCUT2D eigenvalue weighted by molar-refractivity contribution is 7.18. The number of halogens is 1. The van der Waals surface area contributed by atoms with Crippen LogP contribution in [0.15, 0.2) is 0 Å². The van der Waals surface area contributed by atoms with Gasteiger partial charge in [0, 0.05) is 18.0 Å². The van der Waals surface area contributed by atoms with Crippen molar-refractivity contribution in [2.24, 2.45) is 0 Å². The lowest BCUT2D eigenvalue weighted by molar-refractivity contribution is 0.174. The standard InChI is InChI=1S/C13H16ClN3OS/c1-7-8(2)19-13-11(7)12(14)15-10(16-13)6-17-4-3-9(18)5-17/h9,18H,3-6H2,1-2H3. The zero-order valence-electron chi connectivity index (χ0n) is 11.0. The largest absolute Gasteiger partial charge is 0.392 e. The number of aliphatic hydroxyl groups is 1. The van der Waals surface area contributed by atoms with Crippen LogP contribution in [0.1, 0.15) is 22.7 Å². The highest BCUT2D eigenvalue weighted by atomic mass is 35.5. The van der Waals surface area contributed by atoms with Gasteiger partial charge in [-0.25, -0.2) is 9.97 Å². The molecule has 0 bridgehead atoms. The molecular weight excluding hydrogens is 282 g/mol. The third-order valence-corrected chi connectivity index (χ3v) is 5.02. The smallest absolute Gasteiger partial charge is 0.145 e. The second-order valence-electron chi connectivity index (χ2n) is 5.07. The normalized spacial score (nSPS) is 20.5. The highest BCUT2D eigenvalue weighted by Gasteiger charge is 2.22. The number of β-amino-alcohol motifs (C(OH)–C–C–N with tert-alkyl or cyclic N) is 1. The Kier molecular flexibility index (Phi) is 3.47. The summed E-state index contributed by atoms with van der Waals surface area (Å²) < 4.78 is 0. The van der Waals surface area contributed by atoms with Crippen molar-refractivity contribution in [2.75, 3.05) is 13.1 Å². The Labute approximate surface area is 121 Å². The van der Waals surface area contributed by atoms with Gasteiger partial charge in [-0.05, 0) is 25.8 Å². The lowest BCUT2D eigenvalue weighted by atomic mass is 10.2. The molecule has 0 aromatic carbocycles. The Morgan fingerprint density at radius 3 is 2.89 bits per heavy atom. The van der Waals surface area contributed by atoms with Crippen LogP contribution in [0, 0.1) is 13.8 Å². The van der Waals surface area contributed by atoms with E-state index in [0.29, 0.717) is 18.2 Å². The fraction of sp³-hybridized carbons (Fsp3) is 0.538. The van der Waals surface area contributed by atoms with E-state index >= 15 is 0 Å². The maximum atomic E-state index is 9.54. The molecule has 0 spiro atoms. The van der Waals surface area contributed by atoms with Crippen molar-refractivity contribution in [2.45, 2.75) is 32.9 Å². The van der Waals surface area contributed by atoms with Gasteiger partial charge in [0.2, 0.25) is 0 Å². The molecule has 4 nitrogen and oxygen atoms in total. The van der Waals surface area contributed by atoms with E-state index in [1.54, 1.807) is 11.3 Å². The number of fused-ring (bicyclic) bond motifs is 1. The molecule has 0 radical (unpaired) electrons. The number of hydrogen-bond acceptors (Lipinski definition) is 5. The Bertz CT molecular complexity index is 628. The molecule has 102 valence electrons. The van der Waals surface area contributed by atoms with Gasteiger partial charge in [0.05, 0.1) is 18.0 Å². The van der Waals surface area contributed by atoms with Gasteiger partial charge in [-0.2, -0.15) is 0 Å². The molecule has 1 N–H and O–H groups in total. The van der Waals surface area contributed by atoms with Crippen LogP contribution in [0.2, 0.25) is 5.15 Å². The summed E-state index contributed by atoms with van der Waals surface area (Å²) in [5, 5.41) is 11.1. The first-order chi connectivity index (χ1) is 9.04. The van der Waals surface area contributed by atoms with Crippen LogP contribution in [0.3, 0.4) is 0 Å². The molecule has 3 heterocycles. The Morgan fingerprint density at radius 2 is 2.21 bits per heavy atom. The summed E-state index contributed by atoms with van der Waals surface area (Å²) >= 11 is 7.94. The maximum absolute atomic E-state index is 9.54. The van der Waals surface area contributed by atoms with E-state index in [0.717, 1.165) is 29.0 Å². The SMILES string of the molecule is Cc1sc2nc(CN3CCC(O)C3)nc(Cl)c2c1C. The summed E-state index contributed by atoms with van der Waals surface area (Å²) in [6, 6.07) is 0. The topological polar surface area (TPSA) is 49.2 Å². The molecule has 2 aromatic heterocycles. The van der Waals surface area contributed by atoms with Gasteiger partial charge in [-0.3, -0.25) is 4.90 Å².